The van der Waals surface area contributed by atoms with E-state index in [2.05, 4.69) is 20.9 Å². The quantitative estimate of drug-likeness (QED) is 0.676. The zero-order valence-corrected chi connectivity index (χ0v) is 12.5. The average molecular weight is 337 g/mol. The lowest BCUT2D eigenvalue weighted by Crippen LogP contribution is -1.97. The van der Waals surface area contributed by atoms with Crippen LogP contribution in [0, 0.1) is 0 Å². The van der Waals surface area contributed by atoms with Gasteiger partial charge >= 0.3 is 0 Å². The third-order valence-corrected chi connectivity index (χ3v) is 3.92. The lowest BCUT2D eigenvalue weighted by atomic mass is 10.1. The van der Waals surface area contributed by atoms with Gasteiger partial charge in [-0.2, -0.15) is 0 Å². The zero-order chi connectivity index (χ0) is 13.6. The molecule has 96 valence electrons. The Morgan fingerprint density at radius 3 is 2.79 bits per heavy atom. The largest absolute Gasteiger partial charge is 0.398 e. The van der Waals surface area contributed by atoms with Crippen LogP contribution in [0.1, 0.15) is 0 Å². The molecule has 0 aliphatic rings. The normalized spacial score (nSPS) is 11.1. The topological polar surface area (TPSA) is 43.8 Å². The van der Waals surface area contributed by atoms with Gasteiger partial charge in [0.1, 0.15) is 5.82 Å². The predicted octanol–water partition coefficient (Wildman–Crippen LogP) is 4.24. The molecule has 0 radical (unpaired) electrons. The summed E-state index contributed by atoms with van der Waals surface area (Å²) in [4.78, 5) is 4.63. The van der Waals surface area contributed by atoms with Gasteiger partial charge in [-0.15, -0.1) is 0 Å². The number of hydrogen-bond acceptors (Lipinski definition) is 2. The van der Waals surface area contributed by atoms with E-state index in [1.165, 1.54) is 0 Å². The first-order chi connectivity index (χ1) is 9.08. The number of nitrogen functional groups attached to an aromatic ring is 1. The minimum atomic E-state index is 0.609. The zero-order valence-electron chi connectivity index (χ0n) is 10.2. The van der Waals surface area contributed by atoms with Crippen LogP contribution >= 0.6 is 27.5 Å². The smallest absolute Gasteiger partial charge is 0.144 e. The van der Waals surface area contributed by atoms with Gasteiger partial charge in [0.15, 0.2) is 0 Å². The van der Waals surface area contributed by atoms with Crippen molar-refractivity contribution in [3.05, 3.63) is 45.9 Å². The molecule has 0 amide bonds. The number of nitrogens with zero attached hydrogens (tertiary/aromatic N) is 2. The van der Waals surface area contributed by atoms with Crippen LogP contribution in [0.4, 0.5) is 5.69 Å². The Balaban J connectivity index is 2.34. The van der Waals surface area contributed by atoms with Gasteiger partial charge in [-0.05, 0) is 30.3 Å². The maximum absolute atomic E-state index is 6.25. The Morgan fingerprint density at radius 2 is 2.05 bits per heavy atom. The van der Waals surface area contributed by atoms with Gasteiger partial charge in [0.25, 0.3) is 0 Å². The number of imidazole rings is 1. The molecule has 2 aromatic carbocycles. The molecular weight excluding hydrogens is 326 g/mol. The Morgan fingerprint density at radius 1 is 1.26 bits per heavy atom. The Kier molecular flexibility index (Phi) is 2.99. The van der Waals surface area contributed by atoms with Crippen LogP contribution < -0.4 is 5.73 Å². The van der Waals surface area contributed by atoms with Crippen molar-refractivity contribution in [2.45, 2.75) is 0 Å². The number of nitrogens with two attached hydrogens (primary N) is 1. The number of aromatic nitrogens is 2. The molecule has 1 heterocycles. The van der Waals surface area contributed by atoms with Gasteiger partial charge in [-0.25, -0.2) is 4.98 Å². The van der Waals surface area contributed by atoms with Crippen molar-refractivity contribution in [3.8, 4) is 11.4 Å². The van der Waals surface area contributed by atoms with Crippen LogP contribution in [0.15, 0.2) is 40.9 Å². The summed E-state index contributed by atoms with van der Waals surface area (Å²) < 4.78 is 3.00. The molecule has 19 heavy (non-hydrogen) atoms. The summed E-state index contributed by atoms with van der Waals surface area (Å²) in [7, 11) is 1.96. The van der Waals surface area contributed by atoms with Crippen LogP contribution in [0.5, 0.6) is 0 Å². The fraction of sp³-hybridized carbons (Fsp3) is 0.0714. The summed E-state index contributed by atoms with van der Waals surface area (Å²) in [6, 6.07) is 11.5. The molecule has 0 unspecified atom stereocenters. The molecule has 0 atom stereocenters. The van der Waals surface area contributed by atoms with E-state index in [1.54, 1.807) is 0 Å². The van der Waals surface area contributed by atoms with Crippen LogP contribution in [0.25, 0.3) is 22.4 Å². The lowest BCUT2D eigenvalue weighted by Gasteiger charge is -2.07. The van der Waals surface area contributed by atoms with E-state index in [1.807, 2.05) is 48.0 Å². The van der Waals surface area contributed by atoms with Gasteiger partial charge in [-0.1, -0.05) is 33.6 Å². The van der Waals surface area contributed by atoms with E-state index < -0.39 is 0 Å². The maximum atomic E-state index is 6.25. The maximum Gasteiger partial charge on any atom is 0.144 e. The molecule has 0 saturated carbocycles. The highest BCUT2D eigenvalue weighted by Crippen LogP contribution is 2.34. The highest BCUT2D eigenvalue weighted by molar-refractivity contribution is 9.10. The molecule has 3 aromatic rings. The van der Waals surface area contributed by atoms with Crippen molar-refractivity contribution in [1.82, 2.24) is 9.55 Å². The first-order valence-corrected chi connectivity index (χ1v) is 6.91. The highest BCUT2D eigenvalue weighted by Gasteiger charge is 2.15. The van der Waals surface area contributed by atoms with E-state index in [0.717, 1.165) is 26.9 Å². The molecule has 0 fully saturated rings. The summed E-state index contributed by atoms with van der Waals surface area (Å²) in [5.74, 6) is 0.774. The van der Waals surface area contributed by atoms with Crippen molar-refractivity contribution in [3.63, 3.8) is 0 Å². The summed E-state index contributed by atoms with van der Waals surface area (Å²) in [5, 5.41) is 0.609. The average Bonchev–Trinajstić information content (AvgIpc) is 2.66. The van der Waals surface area contributed by atoms with Gasteiger partial charge in [-0.3, -0.25) is 0 Å². The molecule has 0 saturated heterocycles. The van der Waals surface area contributed by atoms with Gasteiger partial charge in [0, 0.05) is 17.2 Å². The number of rotatable bonds is 1. The van der Waals surface area contributed by atoms with Crippen LogP contribution in [0.3, 0.4) is 0 Å². The molecule has 1 aromatic heterocycles. The predicted molar refractivity (Wildman–Crippen MR) is 83.3 cm³/mol. The summed E-state index contributed by atoms with van der Waals surface area (Å²) >= 11 is 9.70. The highest BCUT2D eigenvalue weighted by atomic mass is 79.9. The van der Waals surface area contributed by atoms with E-state index >= 15 is 0 Å². The lowest BCUT2D eigenvalue weighted by molar-refractivity contribution is 0.960. The second-order valence-electron chi connectivity index (χ2n) is 4.33. The SMILES string of the molecule is Cn1c(-c2c(N)cccc2Cl)nc2cc(Br)ccc21. The van der Waals surface area contributed by atoms with Crippen molar-refractivity contribution < 1.29 is 0 Å². The van der Waals surface area contributed by atoms with Gasteiger partial charge < -0.3 is 10.3 Å². The Hall–Kier alpha value is -1.52. The molecule has 0 bridgehead atoms. The van der Waals surface area contributed by atoms with E-state index in [-0.39, 0.29) is 0 Å². The number of benzene rings is 2. The van der Waals surface area contributed by atoms with Crippen LogP contribution in [0.2, 0.25) is 5.02 Å². The molecule has 0 aliphatic heterocycles. The van der Waals surface area contributed by atoms with Gasteiger partial charge in [0.2, 0.25) is 0 Å². The molecule has 0 aliphatic carbocycles. The molecule has 3 nitrogen and oxygen atoms in total. The summed E-state index contributed by atoms with van der Waals surface area (Å²) in [6.45, 7) is 0. The van der Waals surface area contributed by atoms with Crippen LogP contribution in [-0.4, -0.2) is 9.55 Å². The van der Waals surface area contributed by atoms with Crippen molar-refractivity contribution in [2.75, 3.05) is 5.73 Å². The number of anilines is 1. The molecule has 0 spiro atoms. The first-order valence-electron chi connectivity index (χ1n) is 5.74. The summed E-state index contributed by atoms with van der Waals surface area (Å²) in [6.07, 6.45) is 0. The minimum absolute atomic E-state index is 0.609. The standard InChI is InChI=1S/C14H11BrClN3/c1-19-12-6-5-8(15)7-11(12)18-14(19)13-9(16)3-2-4-10(13)17/h2-7H,17H2,1H3. The number of hydrogen-bond donors (Lipinski definition) is 1. The van der Waals surface area contributed by atoms with E-state index in [4.69, 9.17) is 17.3 Å². The van der Waals surface area contributed by atoms with Crippen molar-refractivity contribution in [1.29, 1.82) is 0 Å². The van der Waals surface area contributed by atoms with Crippen molar-refractivity contribution >= 4 is 44.3 Å². The van der Waals surface area contributed by atoms with E-state index in [0.29, 0.717) is 10.7 Å². The van der Waals surface area contributed by atoms with Gasteiger partial charge in [0.05, 0.1) is 21.6 Å². The fourth-order valence-corrected chi connectivity index (χ4v) is 2.79. The second-order valence-corrected chi connectivity index (χ2v) is 5.65. The number of halogens is 2. The molecular formula is C14H11BrClN3. The van der Waals surface area contributed by atoms with Crippen LogP contribution in [-0.2, 0) is 7.05 Å². The number of fused-ring (bicyclic) bond motifs is 1. The second kappa shape index (κ2) is 4.54. The van der Waals surface area contributed by atoms with E-state index in [9.17, 15) is 0 Å². The Labute approximate surface area is 124 Å². The summed E-state index contributed by atoms with van der Waals surface area (Å²) in [5.41, 5.74) is 9.38. The first kappa shape index (κ1) is 12.5. The monoisotopic (exact) mass is 335 g/mol. The Bertz CT molecular complexity index is 759. The third kappa shape index (κ3) is 2.01. The molecule has 5 heteroatoms. The van der Waals surface area contributed by atoms with Crippen molar-refractivity contribution in [2.24, 2.45) is 7.05 Å². The third-order valence-electron chi connectivity index (χ3n) is 3.11. The fourth-order valence-electron chi connectivity index (χ4n) is 2.17. The molecule has 3 rings (SSSR count). The number of aryl methyl sites for hydroxylation is 1. The molecule has 2 N–H and O–H groups in total. The minimum Gasteiger partial charge on any atom is -0.398 e.